The summed E-state index contributed by atoms with van der Waals surface area (Å²) in [6, 6.07) is 0.620. The molecule has 0 spiro atoms. The summed E-state index contributed by atoms with van der Waals surface area (Å²) in [5, 5.41) is 0. The van der Waals surface area contributed by atoms with E-state index >= 15 is 0 Å². The van der Waals surface area contributed by atoms with Crippen molar-refractivity contribution >= 4 is 0 Å². The van der Waals surface area contributed by atoms with Crippen LogP contribution in [-0.4, -0.2) is 4.98 Å². The molecular weight excluding hydrogens is 221 g/mol. The van der Waals surface area contributed by atoms with Gasteiger partial charge in [-0.15, -0.1) is 0 Å². The Balaban J connectivity index is 3.55. The predicted molar refractivity (Wildman–Crippen MR) is 41.8 cm³/mol. The van der Waals surface area contributed by atoms with E-state index in [-0.39, 0.29) is 5.69 Å². The second kappa shape index (κ2) is 3.63. The molecule has 1 aromatic rings. The Labute approximate surface area is 80.7 Å². The molecule has 0 amide bonds. The summed E-state index contributed by atoms with van der Waals surface area (Å²) >= 11 is 0. The number of nitrogens with one attached hydrogen (secondary N) is 1. The lowest BCUT2D eigenvalue weighted by atomic mass is 10.1. The SMILES string of the molecule is Cc1cc(C(F)F)c(C(F)(F)F)c(=O)[nH]1. The molecular formula is C8H6F5NO. The summed E-state index contributed by atoms with van der Waals surface area (Å²) in [7, 11) is 0. The molecule has 1 heterocycles. The van der Waals surface area contributed by atoms with E-state index in [1.807, 2.05) is 4.98 Å². The molecule has 0 atom stereocenters. The van der Waals surface area contributed by atoms with Crippen LogP contribution in [0, 0.1) is 6.92 Å². The Morgan fingerprint density at radius 1 is 1.33 bits per heavy atom. The first-order chi connectivity index (χ1) is 6.73. The second-order valence-corrected chi connectivity index (χ2v) is 2.91. The van der Waals surface area contributed by atoms with Gasteiger partial charge in [0.15, 0.2) is 0 Å². The van der Waals surface area contributed by atoms with Crippen LogP contribution in [0.2, 0.25) is 0 Å². The summed E-state index contributed by atoms with van der Waals surface area (Å²) in [5.74, 6) is 0. The molecule has 15 heavy (non-hydrogen) atoms. The highest BCUT2D eigenvalue weighted by atomic mass is 19.4. The van der Waals surface area contributed by atoms with Crippen LogP contribution in [0.3, 0.4) is 0 Å². The van der Waals surface area contributed by atoms with Crippen molar-refractivity contribution in [3.05, 3.63) is 33.2 Å². The summed E-state index contributed by atoms with van der Waals surface area (Å²) in [6.07, 6.45) is -8.41. The van der Waals surface area contributed by atoms with Gasteiger partial charge >= 0.3 is 6.18 Å². The molecule has 0 saturated heterocycles. The standard InChI is InChI=1S/C8H6F5NO/c1-3-2-4(6(9)10)5(7(15)14-3)8(11,12)13/h2,6H,1H3,(H,14,15). The lowest BCUT2D eigenvalue weighted by molar-refractivity contribution is -0.140. The number of aromatic nitrogens is 1. The van der Waals surface area contributed by atoms with Crippen LogP contribution in [0.5, 0.6) is 0 Å². The van der Waals surface area contributed by atoms with Crippen LogP contribution in [0.15, 0.2) is 10.9 Å². The van der Waals surface area contributed by atoms with Gasteiger partial charge in [0.1, 0.15) is 5.56 Å². The van der Waals surface area contributed by atoms with Gasteiger partial charge in [0.2, 0.25) is 0 Å². The number of aryl methyl sites for hydroxylation is 1. The van der Waals surface area contributed by atoms with E-state index in [1.165, 1.54) is 6.92 Å². The summed E-state index contributed by atoms with van der Waals surface area (Å²) in [5.41, 5.74) is -4.70. The average molecular weight is 227 g/mol. The molecule has 2 nitrogen and oxygen atoms in total. The highest BCUT2D eigenvalue weighted by Gasteiger charge is 2.39. The zero-order valence-corrected chi connectivity index (χ0v) is 7.45. The van der Waals surface area contributed by atoms with Gasteiger partial charge in [-0.3, -0.25) is 4.79 Å². The Kier molecular flexibility index (Phi) is 2.83. The van der Waals surface area contributed by atoms with Gasteiger partial charge in [0.25, 0.3) is 12.0 Å². The van der Waals surface area contributed by atoms with E-state index in [0.29, 0.717) is 6.07 Å². The third-order valence-corrected chi connectivity index (χ3v) is 1.72. The summed E-state index contributed by atoms with van der Waals surface area (Å²) in [4.78, 5) is 12.7. The minimum absolute atomic E-state index is 0.0386. The molecule has 0 aromatic carbocycles. The summed E-state index contributed by atoms with van der Waals surface area (Å²) < 4.78 is 61.3. The van der Waals surface area contributed by atoms with Crippen LogP contribution in [0.25, 0.3) is 0 Å². The molecule has 0 aliphatic rings. The molecule has 1 N–H and O–H groups in total. The number of rotatable bonds is 1. The van der Waals surface area contributed by atoms with E-state index in [4.69, 9.17) is 0 Å². The van der Waals surface area contributed by atoms with Gasteiger partial charge in [0, 0.05) is 11.3 Å². The van der Waals surface area contributed by atoms with Crippen LogP contribution >= 0.6 is 0 Å². The third kappa shape index (κ3) is 2.34. The number of hydrogen-bond donors (Lipinski definition) is 1. The molecule has 0 fully saturated rings. The van der Waals surface area contributed by atoms with Gasteiger partial charge in [-0.25, -0.2) is 8.78 Å². The van der Waals surface area contributed by atoms with Crippen molar-refractivity contribution in [2.24, 2.45) is 0 Å². The van der Waals surface area contributed by atoms with Gasteiger partial charge < -0.3 is 4.98 Å². The van der Waals surface area contributed by atoms with Crippen LogP contribution in [0.4, 0.5) is 22.0 Å². The number of aromatic amines is 1. The summed E-state index contributed by atoms with van der Waals surface area (Å²) in [6.45, 7) is 1.23. The van der Waals surface area contributed by atoms with Gasteiger partial charge in [-0.05, 0) is 13.0 Å². The third-order valence-electron chi connectivity index (χ3n) is 1.72. The molecule has 84 valence electrons. The van der Waals surface area contributed by atoms with Gasteiger partial charge in [-0.2, -0.15) is 13.2 Å². The van der Waals surface area contributed by atoms with Crippen LogP contribution in [0.1, 0.15) is 23.2 Å². The van der Waals surface area contributed by atoms with E-state index in [0.717, 1.165) is 0 Å². The zero-order chi connectivity index (χ0) is 11.8. The fourth-order valence-electron chi connectivity index (χ4n) is 1.18. The molecule has 1 rings (SSSR count). The van der Waals surface area contributed by atoms with E-state index < -0.39 is 29.3 Å². The average Bonchev–Trinajstić information content (AvgIpc) is 1.99. The lowest BCUT2D eigenvalue weighted by Crippen LogP contribution is -2.25. The van der Waals surface area contributed by atoms with Crippen LogP contribution in [-0.2, 0) is 6.18 Å². The smallest absolute Gasteiger partial charge is 0.326 e. The zero-order valence-electron chi connectivity index (χ0n) is 7.45. The van der Waals surface area contributed by atoms with Crippen molar-refractivity contribution in [1.29, 1.82) is 0 Å². The molecule has 0 bridgehead atoms. The second-order valence-electron chi connectivity index (χ2n) is 2.91. The molecule has 0 unspecified atom stereocenters. The minimum Gasteiger partial charge on any atom is -0.326 e. The largest absolute Gasteiger partial charge is 0.422 e. The first-order valence-electron chi connectivity index (χ1n) is 3.82. The molecule has 0 aliphatic carbocycles. The van der Waals surface area contributed by atoms with E-state index in [2.05, 4.69) is 0 Å². The van der Waals surface area contributed by atoms with E-state index in [9.17, 15) is 26.7 Å². The first-order valence-corrected chi connectivity index (χ1v) is 3.82. The Morgan fingerprint density at radius 3 is 2.27 bits per heavy atom. The van der Waals surface area contributed by atoms with Crippen molar-refractivity contribution < 1.29 is 22.0 Å². The lowest BCUT2D eigenvalue weighted by Gasteiger charge is -2.11. The molecule has 1 aromatic heterocycles. The minimum atomic E-state index is -5.08. The Morgan fingerprint density at radius 2 is 1.87 bits per heavy atom. The topological polar surface area (TPSA) is 32.9 Å². The highest BCUT2D eigenvalue weighted by molar-refractivity contribution is 5.29. The number of pyridine rings is 1. The van der Waals surface area contributed by atoms with Crippen molar-refractivity contribution in [2.75, 3.05) is 0 Å². The maximum atomic E-state index is 12.3. The maximum absolute atomic E-state index is 12.3. The van der Waals surface area contributed by atoms with Gasteiger partial charge in [0.05, 0.1) is 0 Å². The molecule has 0 aliphatic heterocycles. The number of H-pyrrole nitrogens is 1. The van der Waals surface area contributed by atoms with Crippen molar-refractivity contribution in [1.82, 2.24) is 4.98 Å². The van der Waals surface area contributed by atoms with Crippen LogP contribution < -0.4 is 5.56 Å². The van der Waals surface area contributed by atoms with Crippen molar-refractivity contribution in [2.45, 2.75) is 19.5 Å². The fraction of sp³-hybridized carbons (Fsp3) is 0.375. The van der Waals surface area contributed by atoms with Crippen molar-refractivity contribution in [3.8, 4) is 0 Å². The molecule has 0 saturated carbocycles. The normalized spacial score (nSPS) is 12.2. The maximum Gasteiger partial charge on any atom is 0.422 e. The number of halogens is 5. The number of hydrogen-bond acceptors (Lipinski definition) is 1. The highest BCUT2D eigenvalue weighted by Crippen LogP contribution is 2.33. The quantitative estimate of drug-likeness (QED) is 0.735. The van der Waals surface area contributed by atoms with Crippen molar-refractivity contribution in [3.63, 3.8) is 0 Å². The molecule has 0 radical (unpaired) electrons. The first kappa shape index (κ1) is 11.7. The number of alkyl halides is 5. The molecule has 7 heteroatoms. The monoisotopic (exact) mass is 227 g/mol. The Bertz CT molecular complexity index is 420. The van der Waals surface area contributed by atoms with Gasteiger partial charge in [-0.1, -0.05) is 0 Å². The predicted octanol–water partition coefficient (Wildman–Crippen LogP) is 2.64. The Hall–Kier alpha value is -1.40. The van der Waals surface area contributed by atoms with E-state index in [1.54, 1.807) is 0 Å². The fourth-order valence-corrected chi connectivity index (χ4v) is 1.18.